The maximum atomic E-state index is 12.0. The minimum atomic E-state index is -3.27. The largest absolute Gasteiger partial charge is 0.617 e. The quantitative estimate of drug-likeness (QED) is 0.705. The van der Waals surface area contributed by atoms with Gasteiger partial charge in [-0.15, -0.1) is 0 Å². The molecule has 4 nitrogen and oxygen atoms in total. The molecule has 1 unspecified atom stereocenters. The Bertz CT molecular complexity index is 392. The van der Waals surface area contributed by atoms with Crippen LogP contribution in [0.5, 0.6) is 0 Å². The molecule has 0 aromatic carbocycles. The molecule has 0 saturated carbocycles. The van der Waals surface area contributed by atoms with E-state index in [9.17, 15) is 13.0 Å². The van der Waals surface area contributed by atoms with Crippen molar-refractivity contribution in [3.63, 3.8) is 0 Å². The third kappa shape index (κ3) is 8.49. The van der Waals surface area contributed by atoms with E-state index in [4.69, 9.17) is 0 Å². The zero-order valence-electron chi connectivity index (χ0n) is 14.2. The first kappa shape index (κ1) is 20.2. The molecule has 0 aliphatic heterocycles. The molecule has 20 heavy (non-hydrogen) atoms. The second kappa shape index (κ2) is 6.99. The van der Waals surface area contributed by atoms with Crippen molar-refractivity contribution in [3.05, 3.63) is 0 Å². The lowest BCUT2D eigenvalue weighted by atomic mass is 9.85. The Balaban J connectivity index is 5.19. The number of nitrogens with zero attached hydrogens (tertiary/aromatic N) is 1. The minimum Gasteiger partial charge on any atom is -0.617 e. The maximum Gasteiger partial charge on any atom is 0.211 e. The Morgan fingerprint density at radius 3 is 1.85 bits per heavy atom. The van der Waals surface area contributed by atoms with Crippen molar-refractivity contribution in [2.75, 3.05) is 24.8 Å². The number of sulfonamides is 1. The van der Waals surface area contributed by atoms with Crippen LogP contribution in [0.25, 0.3) is 0 Å². The second-order valence-electron chi connectivity index (χ2n) is 7.84. The van der Waals surface area contributed by atoms with Crippen molar-refractivity contribution in [1.82, 2.24) is 4.31 Å². The second-order valence-corrected chi connectivity index (χ2v) is 11.2. The molecule has 2 atom stereocenters. The van der Waals surface area contributed by atoms with Gasteiger partial charge in [-0.05, 0) is 32.6 Å². The molecule has 6 heteroatoms. The van der Waals surface area contributed by atoms with Gasteiger partial charge in [0, 0.05) is 18.0 Å². The molecule has 0 bridgehead atoms. The van der Waals surface area contributed by atoms with Gasteiger partial charge in [-0.3, -0.25) is 0 Å². The van der Waals surface area contributed by atoms with Gasteiger partial charge >= 0.3 is 0 Å². The van der Waals surface area contributed by atoms with Crippen molar-refractivity contribution in [3.8, 4) is 0 Å². The lowest BCUT2D eigenvalue weighted by molar-refractivity contribution is 0.196. The van der Waals surface area contributed by atoms with E-state index in [2.05, 4.69) is 20.8 Å². The molecule has 0 saturated heterocycles. The molecule has 122 valence electrons. The van der Waals surface area contributed by atoms with E-state index in [1.54, 1.807) is 6.26 Å². The summed E-state index contributed by atoms with van der Waals surface area (Å²) in [5.41, 5.74) is -0.371. The number of rotatable bonds is 6. The molecule has 0 aliphatic rings. The fourth-order valence-corrected chi connectivity index (χ4v) is 4.88. The van der Waals surface area contributed by atoms with Gasteiger partial charge in [0.05, 0.1) is 12.5 Å². The van der Waals surface area contributed by atoms with Crippen LogP contribution >= 0.6 is 0 Å². The first-order valence-corrected chi connectivity index (χ1v) is 10.5. The average Bonchev–Trinajstić information content (AvgIpc) is 2.06. The highest BCUT2D eigenvalue weighted by molar-refractivity contribution is 7.90. The highest BCUT2D eigenvalue weighted by atomic mass is 32.2. The van der Waals surface area contributed by atoms with Crippen LogP contribution in [-0.4, -0.2) is 47.6 Å². The van der Waals surface area contributed by atoms with Crippen LogP contribution in [0.3, 0.4) is 0 Å². The summed E-state index contributed by atoms with van der Waals surface area (Å²) in [7, 11) is -3.27. The van der Waals surface area contributed by atoms with Crippen LogP contribution in [-0.2, 0) is 21.2 Å². The van der Waals surface area contributed by atoms with Crippen LogP contribution in [0.1, 0.15) is 48.0 Å². The zero-order chi connectivity index (χ0) is 16.4. The molecule has 0 aliphatic carbocycles. The molecule has 0 radical (unpaired) electrons. The van der Waals surface area contributed by atoms with E-state index in [0.29, 0.717) is 12.3 Å². The normalized spacial score (nSPS) is 17.3. The van der Waals surface area contributed by atoms with E-state index in [-0.39, 0.29) is 11.3 Å². The Hall–Kier alpha value is 0.220. The summed E-state index contributed by atoms with van der Waals surface area (Å²) in [4.78, 5) is 0. The topological polar surface area (TPSA) is 60.4 Å². The smallest absolute Gasteiger partial charge is 0.211 e. The van der Waals surface area contributed by atoms with Crippen molar-refractivity contribution in [1.29, 1.82) is 0 Å². The van der Waals surface area contributed by atoms with E-state index < -0.39 is 26.7 Å². The predicted octanol–water partition coefficient (Wildman–Crippen LogP) is 2.48. The molecule has 0 spiro atoms. The van der Waals surface area contributed by atoms with Crippen LogP contribution in [0, 0.1) is 11.3 Å². The highest BCUT2D eigenvalue weighted by Gasteiger charge is 2.34. The van der Waals surface area contributed by atoms with Gasteiger partial charge in [-0.25, -0.2) is 8.42 Å². The summed E-state index contributed by atoms with van der Waals surface area (Å²) >= 11 is -0.922. The molecule has 0 heterocycles. The fourth-order valence-electron chi connectivity index (χ4n) is 2.52. The maximum absolute atomic E-state index is 12.0. The lowest BCUT2D eigenvalue weighted by Gasteiger charge is -2.37. The summed E-state index contributed by atoms with van der Waals surface area (Å²) < 4.78 is 37.1. The Morgan fingerprint density at radius 2 is 1.60 bits per heavy atom. The average molecular weight is 326 g/mol. The number of hydrogen-bond acceptors (Lipinski definition) is 3. The van der Waals surface area contributed by atoms with Gasteiger partial charge in [0.1, 0.15) is 5.75 Å². The van der Waals surface area contributed by atoms with Crippen LogP contribution in [0.4, 0.5) is 0 Å². The molecule has 0 N–H and O–H groups in total. The van der Waals surface area contributed by atoms with E-state index in [0.717, 1.165) is 6.42 Å². The van der Waals surface area contributed by atoms with Crippen molar-refractivity contribution in [2.24, 2.45) is 11.3 Å². The van der Waals surface area contributed by atoms with E-state index in [1.807, 2.05) is 20.8 Å². The summed E-state index contributed by atoms with van der Waals surface area (Å²) in [5, 5.41) is 0. The fraction of sp³-hybridized carbons (Fsp3) is 1.00. The third-order valence-electron chi connectivity index (χ3n) is 2.94. The summed E-state index contributed by atoms with van der Waals surface area (Å²) in [5.74, 6) is 0.647. The molecule has 0 rings (SSSR count). The molecular formula is C14H31NO3S2. The van der Waals surface area contributed by atoms with Gasteiger partial charge < -0.3 is 4.55 Å². The van der Waals surface area contributed by atoms with Gasteiger partial charge in [0.25, 0.3) is 0 Å². The highest BCUT2D eigenvalue weighted by Crippen LogP contribution is 2.28. The van der Waals surface area contributed by atoms with Crippen LogP contribution in [0.15, 0.2) is 0 Å². The third-order valence-corrected chi connectivity index (χ3v) is 5.38. The minimum absolute atomic E-state index is 0.0884. The van der Waals surface area contributed by atoms with Gasteiger partial charge in [-0.1, -0.05) is 31.9 Å². The van der Waals surface area contributed by atoms with Crippen molar-refractivity contribution >= 4 is 21.2 Å². The lowest BCUT2D eigenvalue weighted by Crippen LogP contribution is -2.48. The first-order chi connectivity index (χ1) is 8.63. The summed E-state index contributed by atoms with van der Waals surface area (Å²) in [6, 6.07) is 0. The van der Waals surface area contributed by atoms with Gasteiger partial charge in [-0.2, -0.15) is 4.31 Å². The van der Waals surface area contributed by atoms with Crippen LogP contribution < -0.4 is 0 Å². The molecule has 0 aromatic rings. The van der Waals surface area contributed by atoms with Gasteiger partial charge in [0.2, 0.25) is 10.0 Å². The zero-order valence-corrected chi connectivity index (χ0v) is 15.8. The molecular weight excluding hydrogens is 294 g/mol. The SMILES string of the molecule is C[S@@+]([O-])CC(CN(C(C)(C)C)S(C)(=O)=O)CC(C)(C)C. The van der Waals surface area contributed by atoms with Crippen molar-refractivity contribution < 1.29 is 13.0 Å². The molecule has 0 fully saturated rings. The van der Waals surface area contributed by atoms with E-state index in [1.165, 1.54) is 10.6 Å². The molecule has 0 amide bonds. The van der Waals surface area contributed by atoms with Crippen molar-refractivity contribution in [2.45, 2.75) is 53.5 Å². The van der Waals surface area contributed by atoms with Gasteiger partial charge in [0.15, 0.2) is 0 Å². The number of hydrogen-bond donors (Lipinski definition) is 0. The monoisotopic (exact) mass is 325 g/mol. The first-order valence-electron chi connectivity index (χ1n) is 6.91. The van der Waals surface area contributed by atoms with Crippen LogP contribution in [0.2, 0.25) is 0 Å². The van der Waals surface area contributed by atoms with E-state index >= 15 is 0 Å². The molecule has 0 aromatic heterocycles. The summed E-state index contributed by atoms with van der Waals surface area (Å²) in [6.45, 7) is 12.5. The Labute approximate surface area is 128 Å². The Morgan fingerprint density at radius 1 is 1.15 bits per heavy atom. The summed E-state index contributed by atoms with van der Waals surface area (Å²) in [6.07, 6.45) is 3.78. The Kier molecular flexibility index (Phi) is 7.06. The standard InChI is InChI=1S/C14H31NO3S2/c1-13(2,3)9-12(11-19(7)16)10-15(14(4,5)6)20(8,17)18/h12H,9-11H2,1-8H3/t12?,19-/m1/s1. The predicted molar refractivity (Wildman–Crippen MR) is 87.8 cm³/mol.